The van der Waals surface area contributed by atoms with Crippen LogP contribution in [0.15, 0.2) is 18.2 Å². The van der Waals surface area contributed by atoms with E-state index in [2.05, 4.69) is 0 Å². The highest BCUT2D eigenvalue weighted by Crippen LogP contribution is 2.45. The van der Waals surface area contributed by atoms with Crippen molar-refractivity contribution in [2.24, 2.45) is 5.41 Å². The van der Waals surface area contributed by atoms with Crippen molar-refractivity contribution in [1.29, 1.82) is 5.26 Å². The Labute approximate surface area is 118 Å². The lowest BCUT2D eigenvalue weighted by Crippen LogP contribution is -2.35. The fraction of sp³-hybridized carbons (Fsp3) is 0.500. The predicted octanol–water partition coefficient (Wildman–Crippen LogP) is 3.20. The summed E-state index contributed by atoms with van der Waals surface area (Å²) < 4.78 is 57.2. The number of nitrogens with zero attached hydrogens (tertiary/aromatic N) is 1. The summed E-state index contributed by atoms with van der Waals surface area (Å²) in [6.07, 6.45) is -6.21. The Hall–Kier alpha value is -1.65. The number of aliphatic hydroxyl groups excluding tert-OH is 1. The second-order valence-corrected chi connectivity index (χ2v) is 5.01. The van der Waals surface area contributed by atoms with Gasteiger partial charge in [0.25, 0.3) is 0 Å². The number of aliphatic hydroxyl groups is 1. The van der Waals surface area contributed by atoms with Crippen molar-refractivity contribution in [2.45, 2.75) is 25.1 Å². The van der Waals surface area contributed by atoms with Crippen LogP contribution in [0, 0.1) is 22.6 Å². The lowest BCUT2D eigenvalue weighted by Gasteiger charge is -2.36. The fourth-order valence-electron chi connectivity index (χ4n) is 2.49. The lowest BCUT2D eigenvalue weighted by atomic mass is 9.73. The quantitative estimate of drug-likeness (QED) is 0.854. The summed E-state index contributed by atoms with van der Waals surface area (Å²) in [5, 5.41) is 19.6. The average Bonchev–Trinajstić information content (AvgIpc) is 2.46. The maximum absolute atomic E-state index is 13.1. The maximum Gasteiger partial charge on any atom is 0.416 e. The van der Waals surface area contributed by atoms with Crippen LogP contribution in [0.25, 0.3) is 0 Å². The zero-order valence-electron chi connectivity index (χ0n) is 11.0. The highest BCUT2D eigenvalue weighted by Gasteiger charge is 2.45. The van der Waals surface area contributed by atoms with Gasteiger partial charge in [-0.05, 0) is 30.5 Å². The molecule has 0 aromatic heterocycles. The van der Waals surface area contributed by atoms with Crippen molar-refractivity contribution in [3.63, 3.8) is 0 Å². The number of ether oxygens (including phenoxy) is 1. The first kappa shape index (κ1) is 15.7. The molecule has 1 fully saturated rings. The first-order chi connectivity index (χ1) is 9.80. The molecule has 1 unspecified atom stereocenters. The van der Waals surface area contributed by atoms with E-state index in [1.807, 2.05) is 6.07 Å². The van der Waals surface area contributed by atoms with E-state index in [-0.39, 0.29) is 26.1 Å². The van der Waals surface area contributed by atoms with Crippen LogP contribution in [0.2, 0.25) is 0 Å². The number of halogens is 4. The van der Waals surface area contributed by atoms with E-state index in [9.17, 15) is 27.9 Å². The molecule has 114 valence electrons. The molecule has 1 aromatic rings. The SMILES string of the molecule is N#CC1(C(O)c2ccc(F)cc2C(F)(F)F)CCOCC1. The fourth-order valence-corrected chi connectivity index (χ4v) is 2.49. The zero-order valence-corrected chi connectivity index (χ0v) is 11.0. The molecule has 1 aliphatic heterocycles. The third-order valence-corrected chi connectivity index (χ3v) is 3.75. The Morgan fingerprint density at radius 2 is 1.90 bits per heavy atom. The topological polar surface area (TPSA) is 53.2 Å². The molecule has 0 radical (unpaired) electrons. The second kappa shape index (κ2) is 5.62. The molecule has 1 N–H and O–H groups in total. The molecular weight excluding hydrogens is 290 g/mol. The summed E-state index contributed by atoms with van der Waals surface area (Å²) in [5.74, 6) is -1.05. The molecule has 3 nitrogen and oxygen atoms in total. The summed E-state index contributed by atoms with van der Waals surface area (Å²) in [6.45, 7) is 0.375. The number of benzene rings is 1. The monoisotopic (exact) mass is 303 g/mol. The Balaban J connectivity index is 2.48. The smallest absolute Gasteiger partial charge is 0.387 e. The van der Waals surface area contributed by atoms with E-state index in [1.165, 1.54) is 0 Å². The van der Waals surface area contributed by atoms with Gasteiger partial charge < -0.3 is 9.84 Å². The van der Waals surface area contributed by atoms with Crippen LogP contribution in [0.5, 0.6) is 0 Å². The van der Waals surface area contributed by atoms with E-state index in [1.54, 1.807) is 0 Å². The largest absolute Gasteiger partial charge is 0.416 e. The van der Waals surface area contributed by atoms with E-state index in [4.69, 9.17) is 4.74 Å². The Bertz CT molecular complexity index is 559. The Morgan fingerprint density at radius 1 is 1.29 bits per heavy atom. The van der Waals surface area contributed by atoms with Gasteiger partial charge in [-0.1, -0.05) is 6.07 Å². The molecule has 1 aliphatic rings. The predicted molar refractivity (Wildman–Crippen MR) is 64.5 cm³/mol. The van der Waals surface area contributed by atoms with Crippen LogP contribution in [-0.4, -0.2) is 18.3 Å². The highest BCUT2D eigenvalue weighted by atomic mass is 19.4. The molecular formula is C14H13F4NO2. The molecule has 7 heteroatoms. The number of hydrogen-bond acceptors (Lipinski definition) is 3. The first-order valence-electron chi connectivity index (χ1n) is 6.34. The summed E-state index contributed by atoms with van der Waals surface area (Å²) >= 11 is 0. The van der Waals surface area contributed by atoms with Gasteiger partial charge in [-0.25, -0.2) is 4.39 Å². The van der Waals surface area contributed by atoms with Crippen LogP contribution < -0.4 is 0 Å². The molecule has 0 spiro atoms. The molecule has 1 atom stereocenters. The van der Waals surface area contributed by atoms with Crippen molar-refractivity contribution < 1.29 is 27.4 Å². The highest BCUT2D eigenvalue weighted by molar-refractivity contribution is 5.34. The second-order valence-electron chi connectivity index (χ2n) is 5.01. The van der Waals surface area contributed by atoms with Crippen LogP contribution in [0.4, 0.5) is 17.6 Å². The van der Waals surface area contributed by atoms with Gasteiger partial charge in [0.2, 0.25) is 0 Å². The van der Waals surface area contributed by atoms with Crippen LogP contribution in [0.1, 0.15) is 30.1 Å². The first-order valence-corrected chi connectivity index (χ1v) is 6.34. The van der Waals surface area contributed by atoms with Crippen molar-refractivity contribution in [3.05, 3.63) is 35.1 Å². The lowest BCUT2D eigenvalue weighted by molar-refractivity contribution is -0.140. The molecule has 0 aliphatic carbocycles. The summed E-state index contributed by atoms with van der Waals surface area (Å²) in [5.41, 5.74) is -3.08. The van der Waals surface area contributed by atoms with Gasteiger partial charge in [-0.3, -0.25) is 0 Å². The third-order valence-electron chi connectivity index (χ3n) is 3.75. The van der Waals surface area contributed by atoms with E-state index < -0.39 is 34.6 Å². The Morgan fingerprint density at radius 3 is 2.43 bits per heavy atom. The van der Waals surface area contributed by atoms with E-state index >= 15 is 0 Å². The van der Waals surface area contributed by atoms with Gasteiger partial charge in [0.15, 0.2) is 0 Å². The van der Waals surface area contributed by atoms with E-state index in [0.29, 0.717) is 6.07 Å². The molecule has 1 aromatic carbocycles. The molecule has 21 heavy (non-hydrogen) atoms. The van der Waals surface area contributed by atoms with Crippen LogP contribution in [0.3, 0.4) is 0 Å². The van der Waals surface area contributed by atoms with Crippen molar-refractivity contribution in [3.8, 4) is 6.07 Å². The van der Waals surface area contributed by atoms with Crippen molar-refractivity contribution in [2.75, 3.05) is 13.2 Å². The molecule has 0 amide bonds. The molecule has 1 heterocycles. The van der Waals surface area contributed by atoms with Crippen LogP contribution in [-0.2, 0) is 10.9 Å². The summed E-state index contributed by atoms with van der Waals surface area (Å²) in [7, 11) is 0. The third kappa shape index (κ3) is 3.01. The van der Waals surface area contributed by atoms with Crippen molar-refractivity contribution >= 4 is 0 Å². The summed E-state index contributed by atoms with van der Waals surface area (Å²) in [6, 6.07) is 3.99. The van der Waals surface area contributed by atoms with Gasteiger partial charge in [0.1, 0.15) is 5.82 Å². The average molecular weight is 303 g/mol. The molecule has 2 rings (SSSR count). The van der Waals surface area contributed by atoms with Crippen molar-refractivity contribution in [1.82, 2.24) is 0 Å². The minimum atomic E-state index is -4.81. The molecule has 1 saturated heterocycles. The minimum absolute atomic E-state index is 0.124. The number of hydrogen-bond donors (Lipinski definition) is 1. The van der Waals surface area contributed by atoms with Gasteiger partial charge >= 0.3 is 6.18 Å². The van der Waals surface area contributed by atoms with Gasteiger partial charge in [0.05, 0.1) is 23.2 Å². The van der Waals surface area contributed by atoms with E-state index in [0.717, 1.165) is 12.1 Å². The molecule has 0 saturated carbocycles. The standard InChI is InChI=1S/C14H13F4NO2/c15-9-1-2-10(11(7-9)14(16,17)18)12(20)13(8-19)3-5-21-6-4-13/h1-2,7,12,20H,3-6H2. The normalized spacial score (nSPS) is 19.8. The maximum atomic E-state index is 13.1. The zero-order chi connectivity index (χ0) is 15.7. The molecule has 0 bridgehead atoms. The Kier molecular flexibility index (Phi) is 4.21. The number of nitriles is 1. The van der Waals surface area contributed by atoms with Gasteiger partial charge in [-0.15, -0.1) is 0 Å². The number of rotatable bonds is 2. The number of alkyl halides is 3. The van der Waals surface area contributed by atoms with Gasteiger partial charge in [-0.2, -0.15) is 18.4 Å². The van der Waals surface area contributed by atoms with Crippen LogP contribution >= 0.6 is 0 Å². The minimum Gasteiger partial charge on any atom is -0.387 e. The van der Waals surface area contributed by atoms with Gasteiger partial charge in [0, 0.05) is 13.2 Å². The summed E-state index contributed by atoms with van der Waals surface area (Å²) in [4.78, 5) is 0.